The van der Waals surface area contributed by atoms with E-state index < -0.39 is 22.0 Å². The summed E-state index contributed by atoms with van der Waals surface area (Å²) in [5.74, 6) is -0.662. The molecule has 0 heterocycles. The molecule has 0 saturated carbocycles. The standard InChI is InChI=1S/C13H28O5S/c1-2-3-4-5-6-7-8-9-10-18-11-13(14)12-19(15,16)17/h13-14H,2-12H2,1H3,(H,15,16,17). The third kappa shape index (κ3) is 15.8. The molecule has 0 aliphatic carbocycles. The highest BCUT2D eigenvalue weighted by Crippen LogP contribution is 2.08. The van der Waals surface area contributed by atoms with Crippen LogP contribution in [0.15, 0.2) is 0 Å². The Labute approximate surface area is 117 Å². The zero-order valence-electron chi connectivity index (χ0n) is 11.9. The van der Waals surface area contributed by atoms with Crippen molar-refractivity contribution in [3.05, 3.63) is 0 Å². The fourth-order valence-corrected chi connectivity index (χ4v) is 2.43. The van der Waals surface area contributed by atoms with E-state index in [1.807, 2.05) is 0 Å². The van der Waals surface area contributed by atoms with Crippen LogP contribution >= 0.6 is 0 Å². The van der Waals surface area contributed by atoms with E-state index in [4.69, 9.17) is 9.29 Å². The van der Waals surface area contributed by atoms with Gasteiger partial charge >= 0.3 is 0 Å². The maximum atomic E-state index is 10.5. The Kier molecular flexibility index (Phi) is 11.5. The van der Waals surface area contributed by atoms with Crippen LogP contribution in [-0.2, 0) is 14.9 Å². The van der Waals surface area contributed by atoms with Crippen LogP contribution in [0.4, 0.5) is 0 Å². The molecule has 0 aliphatic heterocycles. The maximum absolute atomic E-state index is 10.5. The molecule has 2 N–H and O–H groups in total. The first-order valence-corrected chi connectivity index (χ1v) is 8.77. The van der Waals surface area contributed by atoms with Gasteiger partial charge in [0.2, 0.25) is 0 Å². The maximum Gasteiger partial charge on any atom is 0.267 e. The lowest BCUT2D eigenvalue weighted by atomic mass is 10.1. The van der Waals surface area contributed by atoms with E-state index in [1.54, 1.807) is 0 Å². The average Bonchev–Trinajstić information content (AvgIpc) is 2.29. The molecule has 0 saturated heterocycles. The highest BCUT2D eigenvalue weighted by molar-refractivity contribution is 7.85. The summed E-state index contributed by atoms with van der Waals surface area (Å²) in [5.41, 5.74) is 0. The summed E-state index contributed by atoms with van der Waals surface area (Å²) in [6, 6.07) is 0. The third-order valence-corrected chi connectivity index (χ3v) is 3.66. The molecule has 0 amide bonds. The van der Waals surface area contributed by atoms with Crippen LogP contribution in [0.2, 0.25) is 0 Å². The smallest absolute Gasteiger partial charge is 0.267 e. The first-order valence-electron chi connectivity index (χ1n) is 7.16. The Balaban J connectivity index is 3.23. The minimum absolute atomic E-state index is 0.0453. The Morgan fingerprint density at radius 2 is 1.53 bits per heavy atom. The first kappa shape index (κ1) is 18.8. The van der Waals surface area contributed by atoms with Gasteiger partial charge in [-0.25, -0.2) is 0 Å². The zero-order chi connectivity index (χ0) is 14.6. The van der Waals surface area contributed by atoms with E-state index in [0.29, 0.717) is 6.61 Å². The number of aliphatic hydroxyl groups is 1. The van der Waals surface area contributed by atoms with Gasteiger partial charge in [0.25, 0.3) is 10.1 Å². The fourth-order valence-electron chi connectivity index (χ4n) is 1.85. The second-order valence-corrected chi connectivity index (χ2v) is 6.45. The molecule has 5 nitrogen and oxygen atoms in total. The van der Waals surface area contributed by atoms with Crippen molar-refractivity contribution >= 4 is 10.1 Å². The Morgan fingerprint density at radius 1 is 1.00 bits per heavy atom. The minimum atomic E-state index is -4.12. The van der Waals surface area contributed by atoms with E-state index in [1.165, 1.54) is 38.5 Å². The van der Waals surface area contributed by atoms with E-state index >= 15 is 0 Å². The van der Waals surface area contributed by atoms with Gasteiger partial charge in [0.05, 0.1) is 12.7 Å². The van der Waals surface area contributed by atoms with Crippen LogP contribution in [0.3, 0.4) is 0 Å². The van der Waals surface area contributed by atoms with Crippen molar-refractivity contribution in [2.75, 3.05) is 19.0 Å². The Morgan fingerprint density at radius 3 is 2.05 bits per heavy atom. The topological polar surface area (TPSA) is 83.8 Å². The Hall–Kier alpha value is -0.170. The second kappa shape index (κ2) is 11.6. The van der Waals surface area contributed by atoms with Crippen LogP contribution in [-0.4, -0.2) is 43.1 Å². The molecule has 116 valence electrons. The largest absolute Gasteiger partial charge is 0.390 e. The van der Waals surface area contributed by atoms with Gasteiger partial charge in [0, 0.05) is 6.61 Å². The summed E-state index contributed by atoms with van der Waals surface area (Å²) in [4.78, 5) is 0. The van der Waals surface area contributed by atoms with Gasteiger partial charge in [0.1, 0.15) is 5.75 Å². The van der Waals surface area contributed by atoms with E-state index in [0.717, 1.165) is 12.8 Å². The first-order chi connectivity index (χ1) is 8.95. The SMILES string of the molecule is CCCCCCCCCCOCC(O)CS(=O)(=O)O. The molecular weight excluding hydrogens is 268 g/mol. The van der Waals surface area contributed by atoms with Gasteiger partial charge in [-0.2, -0.15) is 8.42 Å². The predicted molar refractivity (Wildman–Crippen MR) is 75.9 cm³/mol. The summed E-state index contributed by atoms with van der Waals surface area (Å²) in [6.45, 7) is 2.68. The monoisotopic (exact) mass is 296 g/mol. The van der Waals surface area contributed by atoms with Crippen LogP contribution in [0.25, 0.3) is 0 Å². The van der Waals surface area contributed by atoms with E-state index in [9.17, 15) is 13.5 Å². The van der Waals surface area contributed by atoms with Crippen LogP contribution in [0.5, 0.6) is 0 Å². The predicted octanol–water partition coefficient (Wildman–Crippen LogP) is 2.39. The molecule has 0 aliphatic rings. The Bertz CT molecular complexity index is 289. The van der Waals surface area contributed by atoms with Gasteiger partial charge in [-0.1, -0.05) is 51.9 Å². The number of hydrogen-bond acceptors (Lipinski definition) is 4. The normalized spacial score (nSPS) is 13.6. The van der Waals surface area contributed by atoms with Crippen molar-refractivity contribution in [3.8, 4) is 0 Å². The molecule has 19 heavy (non-hydrogen) atoms. The molecule has 0 aromatic carbocycles. The van der Waals surface area contributed by atoms with Gasteiger partial charge in [-0.3, -0.25) is 4.55 Å². The number of aliphatic hydroxyl groups excluding tert-OH is 1. The van der Waals surface area contributed by atoms with Crippen LogP contribution in [0.1, 0.15) is 58.3 Å². The summed E-state index contributed by atoms with van der Waals surface area (Å²) >= 11 is 0. The number of rotatable bonds is 13. The summed E-state index contributed by atoms with van der Waals surface area (Å²) in [5, 5.41) is 9.24. The molecule has 0 bridgehead atoms. The van der Waals surface area contributed by atoms with Gasteiger partial charge in [-0.05, 0) is 6.42 Å². The molecule has 0 fully saturated rings. The van der Waals surface area contributed by atoms with Gasteiger partial charge in [0.15, 0.2) is 0 Å². The minimum Gasteiger partial charge on any atom is -0.390 e. The third-order valence-electron chi connectivity index (χ3n) is 2.86. The highest BCUT2D eigenvalue weighted by Gasteiger charge is 2.13. The zero-order valence-corrected chi connectivity index (χ0v) is 12.7. The van der Waals surface area contributed by atoms with Crippen molar-refractivity contribution in [2.24, 2.45) is 0 Å². The molecule has 0 aromatic rings. The average molecular weight is 296 g/mol. The molecule has 1 unspecified atom stereocenters. The molecule has 0 radical (unpaired) electrons. The van der Waals surface area contributed by atoms with E-state index in [-0.39, 0.29) is 6.61 Å². The highest BCUT2D eigenvalue weighted by atomic mass is 32.2. The van der Waals surface area contributed by atoms with Gasteiger partial charge in [-0.15, -0.1) is 0 Å². The quantitative estimate of drug-likeness (QED) is 0.403. The van der Waals surface area contributed by atoms with E-state index in [2.05, 4.69) is 6.92 Å². The fraction of sp³-hybridized carbons (Fsp3) is 1.00. The molecule has 0 rings (SSSR count). The second-order valence-electron chi connectivity index (χ2n) is 4.95. The van der Waals surface area contributed by atoms with Crippen LogP contribution < -0.4 is 0 Å². The van der Waals surface area contributed by atoms with Crippen LogP contribution in [0, 0.1) is 0 Å². The summed E-state index contributed by atoms with van der Waals surface area (Å²) in [7, 11) is -4.12. The van der Waals surface area contributed by atoms with Crippen molar-refractivity contribution in [3.63, 3.8) is 0 Å². The number of hydrogen-bond donors (Lipinski definition) is 2. The molecular formula is C13H28O5S. The van der Waals surface area contributed by atoms with Crippen molar-refractivity contribution < 1.29 is 22.8 Å². The summed E-state index contributed by atoms with van der Waals surface area (Å²) in [6.07, 6.45) is 8.51. The molecule has 0 spiro atoms. The molecule has 0 aromatic heterocycles. The van der Waals surface area contributed by atoms with Crippen molar-refractivity contribution in [2.45, 2.75) is 64.4 Å². The van der Waals surface area contributed by atoms with Crippen molar-refractivity contribution in [1.29, 1.82) is 0 Å². The van der Waals surface area contributed by atoms with Gasteiger partial charge < -0.3 is 9.84 Å². The molecule has 6 heteroatoms. The lowest BCUT2D eigenvalue weighted by Crippen LogP contribution is -2.25. The van der Waals surface area contributed by atoms with Crippen molar-refractivity contribution in [1.82, 2.24) is 0 Å². The lowest BCUT2D eigenvalue weighted by molar-refractivity contribution is 0.0453. The summed E-state index contributed by atoms with van der Waals surface area (Å²) < 4.78 is 34.6. The molecule has 1 atom stereocenters. The lowest BCUT2D eigenvalue weighted by Gasteiger charge is -2.09. The number of unbranched alkanes of at least 4 members (excludes halogenated alkanes) is 7. The number of ether oxygens (including phenoxy) is 1.